The van der Waals surface area contributed by atoms with E-state index in [9.17, 15) is 4.57 Å². The molecule has 0 atom stereocenters. The normalized spacial score (nSPS) is 11.8. The van der Waals surface area contributed by atoms with Crippen molar-refractivity contribution < 1.29 is 13.7 Å². The third-order valence-corrected chi connectivity index (χ3v) is 8.99. The summed E-state index contributed by atoms with van der Waals surface area (Å²) in [4.78, 5) is 0. The Morgan fingerprint density at radius 1 is 0.686 bits per heavy atom. The first-order valence-corrected chi connectivity index (χ1v) is 13.2. The van der Waals surface area contributed by atoms with E-state index in [1.165, 1.54) is 0 Å². The van der Waals surface area contributed by atoms with Crippen LogP contribution in [-0.2, 0) is 15.9 Å². The fraction of sp³-hybridized carbons (Fsp3) is 0.0323. The monoisotopic (exact) mass is 476 g/mol. The van der Waals surface area contributed by atoms with Gasteiger partial charge in [-0.1, -0.05) is 115 Å². The fourth-order valence-corrected chi connectivity index (χ4v) is 6.99. The van der Waals surface area contributed by atoms with Gasteiger partial charge in [0.05, 0.1) is 6.26 Å². The van der Waals surface area contributed by atoms with Crippen LogP contribution in [0.3, 0.4) is 0 Å². The lowest BCUT2D eigenvalue weighted by Gasteiger charge is -2.23. The Labute approximate surface area is 205 Å². The van der Waals surface area contributed by atoms with Crippen LogP contribution in [0.4, 0.5) is 0 Å². The van der Waals surface area contributed by atoms with E-state index in [-0.39, 0.29) is 6.61 Å². The molecule has 0 aliphatic rings. The average Bonchev–Trinajstić information content (AvgIpc) is 3.45. The van der Waals surface area contributed by atoms with Gasteiger partial charge >= 0.3 is 0 Å². The summed E-state index contributed by atoms with van der Waals surface area (Å²) in [6, 6.07) is 40.9. The highest BCUT2D eigenvalue weighted by Gasteiger charge is 2.31. The van der Waals surface area contributed by atoms with E-state index in [4.69, 9.17) is 9.15 Å². The maximum absolute atomic E-state index is 14.9. The SMILES string of the molecule is O=P(c1ccccc1)(c1ccccc1)c1ccccc1CO/C(=C/c1ccco1)c1ccccc1. The molecule has 0 fully saturated rings. The van der Waals surface area contributed by atoms with Crippen molar-refractivity contribution in [3.8, 4) is 0 Å². The standard InChI is InChI=1S/C31H25O3P/c32-35(28-17-6-2-7-18-28,29-19-8-3-9-20-29)31-21-11-10-15-26(31)24-34-30(23-27-16-12-22-33-27)25-13-4-1-5-14-25/h1-23H,24H2/b30-23+. The van der Waals surface area contributed by atoms with Gasteiger partial charge in [0.2, 0.25) is 0 Å². The quantitative estimate of drug-likeness (QED) is 0.186. The number of rotatable bonds is 8. The summed E-state index contributed by atoms with van der Waals surface area (Å²) in [5.74, 6) is 1.39. The Balaban J connectivity index is 1.56. The lowest BCUT2D eigenvalue weighted by molar-refractivity contribution is 0.267. The van der Waals surface area contributed by atoms with Gasteiger partial charge in [-0.15, -0.1) is 0 Å². The number of hydrogen-bond donors (Lipinski definition) is 0. The van der Waals surface area contributed by atoms with Crippen LogP contribution in [0.25, 0.3) is 11.8 Å². The second-order valence-electron chi connectivity index (χ2n) is 8.09. The smallest absolute Gasteiger partial charge is 0.171 e. The van der Waals surface area contributed by atoms with Gasteiger partial charge in [0.15, 0.2) is 7.14 Å². The molecule has 0 aliphatic carbocycles. The summed E-state index contributed by atoms with van der Waals surface area (Å²) in [5.41, 5.74) is 1.82. The van der Waals surface area contributed by atoms with Gasteiger partial charge < -0.3 is 13.7 Å². The number of benzene rings is 4. The van der Waals surface area contributed by atoms with Crippen LogP contribution in [0.5, 0.6) is 0 Å². The molecule has 1 aromatic heterocycles. The lowest BCUT2D eigenvalue weighted by atomic mass is 10.1. The lowest BCUT2D eigenvalue weighted by Crippen LogP contribution is -2.27. The molecule has 0 aliphatic heterocycles. The van der Waals surface area contributed by atoms with Crippen molar-refractivity contribution in [3.63, 3.8) is 0 Å². The van der Waals surface area contributed by atoms with Crippen LogP contribution in [0.2, 0.25) is 0 Å². The van der Waals surface area contributed by atoms with Crippen LogP contribution in [-0.4, -0.2) is 0 Å². The molecule has 4 heteroatoms. The van der Waals surface area contributed by atoms with Crippen molar-refractivity contribution in [2.24, 2.45) is 0 Å². The van der Waals surface area contributed by atoms with Crippen molar-refractivity contribution in [3.05, 3.63) is 151 Å². The van der Waals surface area contributed by atoms with Crippen LogP contribution in [0, 0.1) is 0 Å². The Morgan fingerprint density at radius 3 is 1.86 bits per heavy atom. The molecular formula is C31H25O3P. The van der Waals surface area contributed by atoms with E-state index in [0.29, 0.717) is 11.5 Å². The molecule has 4 aromatic carbocycles. The van der Waals surface area contributed by atoms with Crippen molar-refractivity contribution in [1.82, 2.24) is 0 Å². The number of furan rings is 1. The fourth-order valence-electron chi connectivity index (χ4n) is 4.11. The molecule has 0 saturated carbocycles. The number of ether oxygens (including phenoxy) is 1. The molecule has 0 bridgehead atoms. The first kappa shape index (κ1) is 22.7. The minimum absolute atomic E-state index is 0.265. The van der Waals surface area contributed by atoms with Crippen molar-refractivity contribution in [2.75, 3.05) is 0 Å². The molecule has 0 unspecified atom stereocenters. The van der Waals surface area contributed by atoms with E-state index >= 15 is 0 Å². The van der Waals surface area contributed by atoms with Crippen molar-refractivity contribution >= 4 is 34.9 Å². The molecule has 5 rings (SSSR count). The molecule has 172 valence electrons. The van der Waals surface area contributed by atoms with E-state index in [0.717, 1.165) is 27.0 Å². The second-order valence-corrected chi connectivity index (χ2v) is 10.8. The van der Waals surface area contributed by atoms with E-state index < -0.39 is 7.14 Å². The second kappa shape index (κ2) is 10.5. The van der Waals surface area contributed by atoms with Crippen LogP contribution in [0.15, 0.2) is 138 Å². The Morgan fingerprint density at radius 2 is 1.26 bits per heavy atom. The summed E-state index contributed by atoms with van der Waals surface area (Å²) in [6.45, 7) is 0.265. The number of hydrogen-bond acceptors (Lipinski definition) is 3. The molecule has 0 spiro atoms. The molecule has 0 saturated heterocycles. The highest BCUT2D eigenvalue weighted by atomic mass is 31.2. The van der Waals surface area contributed by atoms with E-state index in [1.807, 2.05) is 133 Å². The van der Waals surface area contributed by atoms with Gasteiger partial charge in [-0.05, 0) is 12.1 Å². The van der Waals surface area contributed by atoms with Gasteiger partial charge in [-0.25, -0.2) is 0 Å². The van der Waals surface area contributed by atoms with Crippen LogP contribution < -0.4 is 15.9 Å². The first-order valence-electron chi connectivity index (χ1n) is 11.5. The first-order chi connectivity index (χ1) is 17.2. The maximum Gasteiger partial charge on any atom is 0.171 e. The van der Waals surface area contributed by atoms with Gasteiger partial charge in [0, 0.05) is 33.1 Å². The summed E-state index contributed by atoms with van der Waals surface area (Å²) < 4.78 is 26.8. The van der Waals surface area contributed by atoms with E-state index in [1.54, 1.807) is 6.26 Å². The van der Waals surface area contributed by atoms with Crippen molar-refractivity contribution in [2.45, 2.75) is 6.61 Å². The average molecular weight is 477 g/mol. The molecule has 1 heterocycles. The molecule has 0 N–H and O–H groups in total. The zero-order chi connectivity index (χ0) is 23.9. The van der Waals surface area contributed by atoms with Crippen LogP contribution in [0.1, 0.15) is 16.9 Å². The van der Waals surface area contributed by atoms with Gasteiger partial charge in [0.25, 0.3) is 0 Å². The minimum Gasteiger partial charge on any atom is -0.488 e. The zero-order valence-electron chi connectivity index (χ0n) is 19.2. The van der Waals surface area contributed by atoms with Gasteiger partial charge in [-0.2, -0.15) is 0 Å². The predicted molar refractivity (Wildman–Crippen MR) is 144 cm³/mol. The molecule has 0 radical (unpaired) electrons. The highest BCUT2D eigenvalue weighted by molar-refractivity contribution is 7.85. The zero-order valence-corrected chi connectivity index (χ0v) is 20.1. The molecule has 5 aromatic rings. The Bertz CT molecular complexity index is 1400. The van der Waals surface area contributed by atoms with Crippen LogP contribution >= 0.6 is 7.14 Å². The summed E-state index contributed by atoms with van der Waals surface area (Å²) in [7, 11) is -3.12. The Kier molecular flexibility index (Phi) is 6.79. The summed E-state index contributed by atoms with van der Waals surface area (Å²) in [6.07, 6.45) is 3.52. The predicted octanol–water partition coefficient (Wildman–Crippen LogP) is 6.63. The van der Waals surface area contributed by atoms with Gasteiger partial charge in [0.1, 0.15) is 18.1 Å². The summed E-state index contributed by atoms with van der Waals surface area (Å²) in [5, 5.41) is 2.38. The maximum atomic E-state index is 14.9. The van der Waals surface area contributed by atoms with Crippen molar-refractivity contribution in [1.29, 1.82) is 0 Å². The molecular weight excluding hydrogens is 451 g/mol. The van der Waals surface area contributed by atoms with Gasteiger partial charge in [-0.3, -0.25) is 0 Å². The van der Waals surface area contributed by atoms with E-state index in [2.05, 4.69) is 0 Å². The Hall–Kier alpha value is -4.07. The third-order valence-electron chi connectivity index (χ3n) is 5.83. The molecule has 3 nitrogen and oxygen atoms in total. The molecule has 35 heavy (non-hydrogen) atoms. The molecule has 0 amide bonds. The minimum atomic E-state index is -3.12. The third kappa shape index (κ3) is 4.91. The summed E-state index contributed by atoms with van der Waals surface area (Å²) >= 11 is 0. The highest BCUT2D eigenvalue weighted by Crippen LogP contribution is 2.43. The largest absolute Gasteiger partial charge is 0.488 e. The topological polar surface area (TPSA) is 39.4 Å².